The molecule has 2 N–H and O–H groups in total. The molecule has 0 radical (unpaired) electrons. The summed E-state index contributed by atoms with van der Waals surface area (Å²) in [4.78, 5) is 11.1. The van der Waals surface area contributed by atoms with E-state index < -0.39 is 5.97 Å². The first-order valence-corrected chi connectivity index (χ1v) is 8.83. The summed E-state index contributed by atoms with van der Waals surface area (Å²) in [5.41, 5.74) is 2.48. The Balaban J connectivity index is 1.64. The average molecular weight is 317 g/mol. The molecule has 0 bridgehead atoms. The first kappa shape index (κ1) is 16.5. The van der Waals surface area contributed by atoms with E-state index in [1.54, 1.807) is 0 Å². The Bertz CT molecular complexity index is 551. The van der Waals surface area contributed by atoms with Crippen LogP contribution in [0.1, 0.15) is 50.2 Å². The van der Waals surface area contributed by atoms with Crippen LogP contribution < -0.4 is 5.32 Å². The zero-order chi connectivity index (χ0) is 16.3. The molecule has 0 unspecified atom stereocenters. The van der Waals surface area contributed by atoms with Crippen LogP contribution in [0.5, 0.6) is 0 Å². The number of benzene rings is 1. The first-order valence-electron chi connectivity index (χ1n) is 8.83. The second kappa shape index (κ2) is 7.02. The summed E-state index contributed by atoms with van der Waals surface area (Å²) >= 11 is 0. The summed E-state index contributed by atoms with van der Waals surface area (Å²) in [5.74, 6) is -0.794. The van der Waals surface area contributed by atoms with Crippen LogP contribution in [0, 0.1) is 5.92 Å². The van der Waals surface area contributed by atoms with Crippen molar-refractivity contribution < 1.29 is 14.6 Å². The topological polar surface area (TPSA) is 58.6 Å². The number of rotatable bonds is 5. The molecule has 0 amide bonds. The quantitative estimate of drug-likeness (QED) is 0.876. The van der Waals surface area contributed by atoms with E-state index in [4.69, 9.17) is 9.84 Å². The van der Waals surface area contributed by atoms with Crippen LogP contribution in [-0.2, 0) is 21.6 Å². The van der Waals surface area contributed by atoms with E-state index >= 15 is 0 Å². The lowest BCUT2D eigenvalue weighted by Crippen LogP contribution is -2.47. The van der Waals surface area contributed by atoms with Gasteiger partial charge < -0.3 is 15.2 Å². The van der Waals surface area contributed by atoms with Crippen LogP contribution in [0.3, 0.4) is 0 Å². The Morgan fingerprint density at radius 1 is 1.30 bits per heavy atom. The summed E-state index contributed by atoms with van der Waals surface area (Å²) in [7, 11) is 0. The molecule has 1 atom stereocenters. The molecule has 4 nitrogen and oxygen atoms in total. The zero-order valence-corrected chi connectivity index (χ0v) is 13.9. The van der Waals surface area contributed by atoms with Gasteiger partial charge in [0.15, 0.2) is 0 Å². The van der Waals surface area contributed by atoms with E-state index in [9.17, 15) is 4.79 Å². The van der Waals surface area contributed by atoms with E-state index in [1.807, 2.05) is 0 Å². The maximum absolute atomic E-state index is 11.1. The van der Waals surface area contributed by atoms with Crippen molar-refractivity contribution in [3.63, 3.8) is 0 Å². The number of carbonyl (C=O) groups is 1. The minimum Gasteiger partial charge on any atom is -0.481 e. The van der Waals surface area contributed by atoms with Crippen molar-refractivity contribution in [2.24, 2.45) is 5.92 Å². The van der Waals surface area contributed by atoms with Crippen LogP contribution in [0.15, 0.2) is 24.3 Å². The molecule has 1 aliphatic heterocycles. The van der Waals surface area contributed by atoms with E-state index in [1.165, 1.54) is 11.1 Å². The minimum absolute atomic E-state index is 0.153. The number of hydrogen-bond acceptors (Lipinski definition) is 3. The summed E-state index contributed by atoms with van der Waals surface area (Å²) < 4.78 is 6.24. The molecule has 0 aromatic heterocycles. The lowest BCUT2D eigenvalue weighted by Gasteiger charge is -2.40. The lowest BCUT2D eigenvalue weighted by atomic mass is 9.82. The third-order valence-corrected chi connectivity index (χ3v) is 5.58. The van der Waals surface area contributed by atoms with Crippen molar-refractivity contribution in [1.29, 1.82) is 0 Å². The third-order valence-electron chi connectivity index (χ3n) is 5.58. The fourth-order valence-electron chi connectivity index (χ4n) is 4.03. The Kier molecular flexibility index (Phi) is 5.02. The van der Waals surface area contributed by atoms with Crippen LogP contribution in [0.25, 0.3) is 0 Å². The van der Waals surface area contributed by atoms with Crippen molar-refractivity contribution in [2.75, 3.05) is 13.2 Å². The molecule has 4 heteroatoms. The maximum atomic E-state index is 11.1. The van der Waals surface area contributed by atoms with Gasteiger partial charge >= 0.3 is 5.97 Å². The number of nitrogens with one attached hydrogen (secondary N) is 1. The van der Waals surface area contributed by atoms with Gasteiger partial charge in [0.2, 0.25) is 0 Å². The van der Waals surface area contributed by atoms with Gasteiger partial charge in [-0.25, -0.2) is 0 Å². The molecular formula is C19H27NO3. The molecule has 126 valence electrons. The fourth-order valence-corrected chi connectivity index (χ4v) is 4.03. The Hall–Kier alpha value is -1.39. The van der Waals surface area contributed by atoms with Gasteiger partial charge in [-0.2, -0.15) is 0 Å². The van der Waals surface area contributed by atoms with Crippen LogP contribution >= 0.6 is 0 Å². The highest BCUT2D eigenvalue weighted by molar-refractivity contribution is 5.70. The van der Waals surface area contributed by atoms with E-state index in [0.717, 1.165) is 51.7 Å². The number of hydrogen-bond donors (Lipinski definition) is 2. The Morgan fingerprint density at radius 2 is 2.04 bits per heavy atom. The second-order valence-corrected chi connectivity index (χ2v) is 6.87. The predicted octanol–water partition coefficient (Wildman–Crippen LogP) is 3.10. The van der Waals surface area contributed by atoms with Gasteiger partial charge in [0, 0.05) is 12.6 Å². The molecular weight excluding hydrogens is 290 g/mol. The monoisotopic (exact) mass is 317 g/mol. The van der Waals surface area contributed by atoms with Crippen molar-refractivity contribution in [1.82, 2.24) is 5.32 Å². The Labute approximate surface area is 138 Å². The minimum atomic E-state index is -0.641. The number of carboxylic acid groups (broad SMARTS) is 1. The highest BCUT2D eigenvalue weighted by Crippen LogP contribution is 2.36. The van der Waals surface area contributed by atoms with Crippen LogP contribution in [0.4, 0.5) is 0 Å². The lowest BCUT2D eigenvalue weighted by molar-refractivity contribution is -0.143. The van der Waals surface area contributed by atoms with Crippen molar-refractivity contribution in [3.05, 3.63) is 35.4 Å². The zero-order valence-electron chi connectivity index (χ0n) is 13.9. The summed E-state index contributed by atoms with van der Waals surface area (Å²) in [6.07, 6.45) is 5.38. The van der Waals surface area contributed by atoms with E-state index in [2.05, 4.69) is 36.5 Å². The molecule has 0 saturated heterocycles. The molecule has 1 heterocycles. The summed E-state index contributed by atoms with van der Waals surface area (Å²) in [5, 5.41) is 12.8. The van der Waals surface area contributed by atoms with Crippen molar-refractivity contribution in [2.45, 2.75) is 57.1 Å². The van der Waals surface area contributed by atoms with Crippen molar-refractivity contribution >= 4 is 5.97 Å². The molecule has 1 aliphatic carbocycles. The van der Waals surface area contributed by atoms with Gasteiger partial charge in [-0.1, -0.05) is 31.2 Å². The molecule has 1 fully saturated rings. The largest absolute Gasteiger partial charge is 0.481 e. The highest BCUT2D eigenvalue weighted by Gasteiger charge is 2.37. The van der Waals surface area contributed by atoms with Gasteiger partial charge in [0.1, 0.15) is 5.60 Å². The standard InChI is InChI=1S/C19H27NO3/c1-2-19(17-6-4-3-5-14(17)11-12-23-19)13-20-16-9-7-15(8-10-16)18(21)22/h3-6,15-16,20H,2,7-13H2,1H3,(H,21,22)/t15?,16?,19-/m1/s1. The van der Waals surface area contributed by atoms with E-state index in [-0.39, 0.29) is 11.5 Å². The number of carboxylic acids is 1. The predicted molar refractivity (Wildman–Crippen MR) is 89.5 cm³/mol. The molecule has 23 heavy (non-hydrogen) atoms. The number of ether oxygens (including phenoxy) is 1. The molecule has 3 rings (SSSR count). The van der Waals surface area contributed by atoms with Gasteiger partial charge in [0.25, 0.3) is 0 Å². The van der Waals surface area contributed by atoms with Crippen LogP contribution in [0.2, 0.25) is 0 Å². The maximum Gasteiger partial charge on any atom is 0.306 e. The fraction of sp³-hybridized carbons (Fsp3) is 0.632. The van der Waals surface area contributed by atoms with E-state index in [0.29, 0.717) is 6.04 Å². The molecule has 2 aliphatic rings. The normalized spacial score (nSPS) is 30.7. The molecule has 1 aromatic rings. The van der Waals surface area contributed by atoms with Crippen molar-refractivity contribution in [3.8, 4) is 0 Å². The van der Waals surface area contributed by atoms with Gasteiger partial charge in [-0.3, -0.25) is 4.79 Å². The molecule has 0 spiro atoms. The number of fused-ring (bicyclic) bond motifs is 1. The smallest absolute Gasteiger partial charge is 0.306 e. The molecule has 1 aromatic carbocycles. The summed E-state index contributed by atoms with van der Waals surface area (Å²) in [6, 6.07) is 9.01. The Morgan fingerprint density at radius 3 is 2.74 bits per heavy atom. The second-order valence-electron chi connectivity index (χ2n) is 6.87. The van der Waals surface area contributed by atoms with Gasteiger partial charge in [0.05, 0.1) is 12.5 Å². The SMILES string of the molecule is CC[C@]1(CNC2CCC(C(=O)O)CC2)OCCc2ccccc21. The molecule has 1 saturated carbocycles. The highest BCUT2D eigenvalue weighted by atomic mass is 16.5. The number of aliphatic carboxylic acids is 1. The van der Waals surface area contributed by atoms with Crippen LogP contribution in [-0.4, -0.2) is 30.3 Å². The first-order chi connectivity index (χ1) is 11.1. The summed E-state index contributed by atoms with van der Waals surface area (Å²) in [6.45, 7) is 3.77. The third kappa shape index (κ3) is 3.43. The van der Waals surface area contributed by atoms with Gasteiger partial charge in [-0.15, -0.1) is 0 Å². The van der Waals surface area contributed by atoms with Gasteiger partial charge in [-0.05, 0) is 49.7 Å². The average Bonchev–Trinajstić information content (AvgIpc) is 2.60.